The first kappa shape index (κ1) is 16.7. The van der Waals surface area contributed by atoms with Gasteiger partial charge in [0, 0.05) is 12.7 Å². The first-order valence-electron chi connectivity index (χ1n) is 8.63. The van der Waals surface area contributed by atoms with Crippen molar-refractivity contribution in [3.05, 3.63) is 87.3 Å². The van der Waals surface area contributed by atoms with Crippen molar-refractivity contribution in [1.29, 1.82) is 10.7 Å². The Morgan fingerprint density at radius 2 is 1.96 bits per heavy atom. The topological polar surface area (TPSA) is 86.9 Å². The molecule has 0 atom stereocenters. The summed E-state index contributed by atoms with van der Waals surface area (Å²) in [5.41, 5.74) is 3.03. The summed E-state index contributed by atoms with van der Waals surface area (Å²) in [7, 11) is 0. The number of pyridine rings is 2. The van der Waals surface area contributed by atoms with Gasteiger partial charge in [-0.15, -0.1) is 0 Å². The van der Waals surface area contributed by atoms with E-state index in [1.165, 1.54) is 10.5 Å². The monoisotopic (exact) mass is 355 g/mol. The Morgan fingerprint density at radius 1 is 1.19 bits per heavy atom. The summed E-state index contributed by atoms with van der Waals surface area (Å²) < 4.78 is 3.14. The molecule has 4 aromatic rings. The second-order valence-electron chi connectivity index (χ2n) is 6.49. The van der Waals surface area contributed by atoms with Crippen molar-refractivity contribution < 1.29 is 0 Å². The molecule has 6 heteroatoms. The van der Waals surface area contributed by atoms with Crippen LogP contribution in [-0.4, -0.2) is 14.0 Å². The van der Waals surface area contributed by atoms with Crippen LogP contribution in [0.5, 0.6) is 0 Å². The number of aromatic nitrogens is 3. The van der Waals surface area contributed by atoms with Crippen molar-refractivity contribution in [2.45, 2.75) is 19.9 Å². The Balaban J connectivity index is 1.98. The summed E-state index contributed by atoms with van der Waals surface area (Å²) in [6, 6.07) is 17.1. The molecule has 27 heavy (non-hydrogen) atoms. The van der Waals surface area contributed by atoms with E-state index in [1.54, 1.807) is 16.8 Å². The van der Waals surface area contributed by atoms with Gasteiger partial charge in [0.1, 0.15) is 22.9 Å². The van der Waals surface area contributed by atoms with Gasteiger partial charge >= 0.3 is 0 Å². The smallest absolute Gasteiger partial charge is 0.267 e. The normalized spacial score (nSPS) is 11.0. The van der Waals surface area contributed by atoms with Crippen molar-refractivity contribution in [2.24, 2.45) is 0 Å². The van der Waals surface area contributed by atoms with Crippen LogP contribution in [0.2, 0.25) is 0 Å². The Hall–Kier alpha value is -3.72. The molecule has 6 nitrogen and oxygen atoms in total. The Morgan fingerprint density at radius 3 is 2.70 bits per heavy atom. The van der Waals surface area contributed by atoms with Crippen LogP contribution in [0, 0.1) is 23.7 Å². The van der Waals surface area contributed by atoms with E-state index in [4.69, 9.17) is 5.41 Å². The molecule has 3 aromatic heterocycles. The molecule has 0 saturated carbocycles. The number of fused-ring (bicyclic) bond motifs is 2. The zero-order valence-corrected chi connectivity index (χ0v) is 14.8. The molecule has 0 aliphatic rings. The standard InChI is InChI=1S/C21H17N5O/c1-14-7-8-18-24-20-17(21(27)26(18)13-14)11-16(12-22)19(23)25(20)10-9-15-5-3-2-4-6-15/h2-8,11,13,23H,9-10H2,1H3. The van der Waals surface area contributed by atoms with E-state index in [0.29, 0.717) is 29.6 Å². The van der Waals surface area contributed by atoms with Gasteiger partial charge in [0.05, 0.1) is 10.9 Å². The molecule has 0 bridgehead atoms. The third-order valence-electron chi connectivity index (χ3n) is 4.64. The molecule has 1 N–H and O–H groups in total. The zero-order valence-electron chi connectivity index (χ0n) is 14.8. The summed E-state index contributed by atoms with van der Waals surface area (Å²) in [4.78, 5) is 17.6. The number of rotatable bonds is 3. The van der Waals surface area contributed by atoms with Crippen LogP contribution in [0.25, 0.3) is 16.7 Å². The average molecular weight is 355 g/mol. The lowest BCUT2D eigenvalue weighted by Crippen LogP contribution is -2.28. The zero-order chi connectivity index (χ0) is 19.0. The van der Waals surface area contributed by atoms with Crippen molar-refractivity contribution in [3.8, 4) is 6.07 Å². The highest BCUT2D eigenvalue weighted by atomic mass is 16.1. The van der Waals surface area contributed by atoms with E-state index in [-0.39, 0.29) is 16.6 Å². The van der Waals surface area contributed by atoms with Crippen LogP contribution in [0.4, 0.5) is 0 Å². The van der Waals surface area contributed by atoms with Crippen LogP contribution in [0.15, 0.2) is 59.5 Å². The Bertz CT molecular complexity index is 1330. The van der Waals surface area contributed by atoms with Crippen LogP contribution < -0.4 is 11.0 Å². The highest BCUT2D eigenvalue weighted by Gasteiger charge is 2.13. The number of nitrogens with zero attached hydrogens (tertiary/aromatic N) is 4. The van der Waals surface area contributed by atoms with Gasteiger partial charge in [-0.2, -0.15) is 5.26 Å². The maximum absolute atomic E-state index is 13.0. The van der Waals surface area contributed by atoms with Crippen molar-refractivity contribution >= 4 is 16.7 Å². The number of aryl methyl sites for hydroxylation is 3. The molecule has 0 aliphatic carbocycles. The minimum absolute atomic E-state index is 0.0734. The molecule has 0 radical (unpaired) electrons. The van der Waals surface area contributed by atoms with E-state index < -0.39 is 0 Å². The quantitative estimate of drug-likeness (QED) is 0.573. The maximum atomic E-state index is 13.0. The molecule has 0 amide bonds. The fourth-order valence-electron chi connectivity index (χ4n) is 3.23. The molecule has 0 spiro atoms. The summed E-state index contributed by atoms with van der Waals surface area (Å²) >= 11 is 0. The fourth-order valence-corrected chi connectivity index (χ4v) is 3.23. The Kier molecular flexibility index (Phi) is 4.05. The maximum Gasteiger partial charge on any atom is 0.267 e. The van der Waals surface area contributed by atoms with Gasteiger partial charge in [-0.05, 0) is 36.6 Å². The molecule has 4 rings (SSSR count). The third-order valence-corrected chi connectivity index (χ3v) is 4.64. The molecule has 0 saturated heterocycles. The molecule has 0 aliphatic heterocycles. The van der Waals surface area contributed by atoms with Gasteiger partial charge in [-0.3, -0.25) is 14.6 Å². The summed E-state index contributed by atoms with van der Waals surface area (Å²) in [5.74, 6) is 0. The largest absolute Gasteiger partial charge is 0.309 e. The van der Waals surface area contributed by atoms with Crippen LogP contribution in [0.3, 0.4) is 0 Å². The van der Waals surface area contributed by atoms with Gasteiger partial charge in [0.25, 0.3) is 5.56 Å². The van der Waals surface area contributed by atoms with Gasteiger partial charge < -0.3 is 4.57 Å². The minimum Gasteiger partial charge on any atom is -0.309 e. The molecule has 132 valence electrons. The first-order chi connectivity index (χ1) is 13.1. The summed E-state index contributed by atoms with van der Waals surface area (Å²) in [6.07, 6.45) is 2.41. The van der Waals surface area contributed by atoms with Crippen LogP contribution >= 0.6 is 0 Å². The van der Waals surface area contributed by atoms with Gasteiger partial charge in [0.15, 0.2) is 0 Å². The summed E-state index contributed by atoms with van der Waals surface area (Å²) in [6.45, 7) is 2.37. The average Bonchev–Trinajstić information content (AvgIpc) is 2.69. The van der Waals surface area contributed by atoms with Gasteiger partial charge in [-0.25, -0.2) is 4.98 Å². The molecule has 1 aromatic carbocycles. The van der Waals surface area contributed by atoms with E-state index in [0.717, 1.165) is 11.1 Å². The van der Waals surface area contributed by atoms with E-state index in [2.05, 4.69) is 4.98 Å². The second kappa shape index (κ2) is 6.54. The molecule has 3 heterocycles. The second-order valence-corrected chi connectivity index (χ2v) is 6.49. The van der Waals surface area contributed by atoms with E-state index in [9.17, 15) is 10.1 Å². The lowest BCUT2D eigenvalue weighted by atomic mass is 10.1. The predicted octanol–water partition coefficient (Wildman–Crippen LogP) is 2.55. The van der Waals surface area contributed by atoms with E-state index in [1.807, 2.05) is 49.4 Å². The number of nitrogens with one attached hydrogen (secondary N) is 1. The SMILES string of the molecule is Cc1ccc2nc3c(cc(C#N)c(=N)n3CCc3ccccc3)c(=O)n2c1. The van der Waals surface area contributed by atoms with Gasteiger partial charge in [0.2, 0.25) is 0 Å². The number of hydrogen-bond acceptors (Lipinski definition) is 4. The number of benzene rings is 1. The highest BCUT2D eigenvalue weighted by Crippen LogP contribution is 2.12. The molecular formula is C21H17N5O. The van der Waals surface area contributed by atoms with Crippen molar-refractivity contribution in [1.82, 2.24) is 14.0 Å². The van der Waals surface area contributed by atoms with Crippen molar-refractivity contribution in [2.75, 3.05) is 0 Å². The highest BCUT2D eigenvalue weighted by molar-refractivity contribution is 5.77. The third kappa shape index (κ3) is 2.89. The van der Waals surface area contributed by atoms with Crippen molar-refractivity contribution in [3.63, 3.8) is 0 Å². The number of hydrogen-bond donors (Lipinski definition) is 1. The predicted molar refractivity (Wildman–Crippen MR) is 102 cm³/mol. The van der Waals surface area contributed by atoms with Crippen LogP contribution in [0.1, 0.15) is 16.7 Å². The van der Waals surface area contributed by atoms with Crippen LogP contribution in [-0.2, 0) is 13.0 Å². The first-order valence-corrected chi connectivity index (χ1v) is 8.63. The lowest BCUT2D eigenvalue weighted by Gasteiger charge is -2.13. The van der Waals surface area contributed by atoms with Gasteiger partial charge in [-0.1, -0.05) is 36.4 Å². The Labute approximate surface area is 155 Å². The molecule has 0 fully saturated rings. The fraction of sp³-hybridized carbons (Fsp3) is 0.143. The lowest BCUT2D eigenvalue weighted by molar-refractivity contribution is 0.667. The minimum atomic E-state index is -0.233. The summed E-state index contributed by atoms with van der Waals surface area (Å²) in [5, 5.41) is 18.2. The molecule has 0 unspecified atom stereocenters. The van der Waals surface area contributed by atoms with E-state index >= 15 is 0 Å². The number of nitriles is 1. The molecular weight excluding hydrogens is 338 g/mol.